The first-order valence-electron chi connectivity index (χ1n) is 16.4. The van der Waals surface area contributed by atoms with Crippen molar-refractivity contribution in [2.75, 3.05) is 11.9 Å². The summed E-state index contributed by atoms with van der Waals surface area (Å²) >= 11 is 0. The number of tetrazole rings is 1. The van der Waals surface area contributed by atoms with E-state index in [-0.39, 0.29) is 29.7 Å². The number of carbonyl (C=O) groups is 4. The van der Waals surface area contributed by atoms with Crippen molar-refractivity contribution in [1.82, 2.24) is 31.3 Å². The van der Waals surface area contributed by atoms with Crippen LogP contribution in [-0.4, -0.2) is 67.8 Å². The van der Waals surface area contributed by atoms with Gasteiger partial charge in [0.1, 0.15) is 17.5 Å². The number of H-pyrrole nitrogens is 1. The number of carboxylic acids is 1. The van der Waals surface area contributed by atoms with E-state index in [1.807, 2.05) is 0 Å². The first kappa shape index (κ1) is 35.6. The molecule has 0 unspecified atom stereocenters. The molecule has 262 valence electrons. The number of amides is 3. The van der Waals surface area contributed by atoms with Gasteiger partial charge in [0, 0.05) is 35.7 Å². The highest BCUT2D eigenvalue weighted by atomic mass is 19.1. The molecule has 0 radical (unpaired) electrons. The fourth-order valence-electron chi connectivity index (χ4n) is 5.86. The molecule has 4 aromatic rings. The summed E-state index contributed by atoms with van der Waals surface area (Å²) in [6, 6.07) is 16.9. The molecule has 50 heavy (non-hydrogen) atoms. The molecule has 0 saturated heterocycles. The van der Waals surface area contributed by atoms with E-state index in [1.54, 1.807) is 69.3 Å². The monoisotopic (exact) mass is 685 g/mol. The van der Waals surface area contributed by atoms with Crippen LogP contribution in [0.4, 0.5) is 14.9 Å². The molecule has 1 atom stereocenters. The molecule has 1 aromatic heterocycles. The first-order chi connectivity index (χ1) is 23.9. The third-order valence-electron chi connectivity index (χ3n) is 8.47. The van der Waals surface area contributed by atoms with Gasteiger partial charge in [0.05, 0.1) is 5.56 Å². The van der Waals surface area contributed by atoms with Crippen molar-refractivity contribution in [1.29, 1.82) is 0 Å². The minimum Gasteiger partial charge on any atom is -0.478 e. The van der Waals surface area contributed by atoms with Crippen LogP contribution < -0.4 is 16.0 Å². The number of ether oxygens (including phenoxy) is 1. The van der Waals surface area contributed by atoms with E-state index >= 15 is 0 Å². The van der Waals surface area contributed by atoms with E-state index in [1.165, 1.54) is 18.2 Å². The number of alkyl carbamates (subject to hydrolysis) is 1. The number of halogens is 1. The Labute approximate surface area is 288 Å². The minimum absolute atomic E-state index is 0.139. The van der Waals surface area contributed by atoms with Gasteiger partial charge >= 0.3 is 12.1 Å². The van der Waals surface area contributed by atoms with Crippen LogP contribution in [0.15, 0.2) is 66.7 Å². The van der Waals surface area contributed by atoms with Crippen LogP contribution in [0.2, 0.25) is 0 Å². The maximum Gasteiger partial charge on any atom is 0.407 e. The highest BCUT2D eigenvalue weighted by Gasteiger charge is 2.30. The van der Waals surface area contributed by atoms with Crippen LogP contribution >= 0.6 is 0 Å². The Kier molecular flexibility index (Phi) is 11.2. The standard InChI is InChI=1S/C36H40FN7O6/c1-36(2,3)50-35(49)38-20-22-9-13-25(14-10-22)32(45)40-29(33(46)39-26-17-15-24(16-18-26)31-41-43-44-42-31)19-21-7-11-23(12-8-21)27-5-4-6-28(30(27)37)34(47)48/h4-8,11-12,15-18,22,25,29H,9-10,13-14,19-20H2,1-3H3,(H,38,49)(H,39,46)(H,40,45)(H,47,48)(H,41,42,43,44)/t22?,25?,29-/m0/s1. The van der Waals surface area contributed by atoms with Gasteiger partial charge in [-0.2, -0.15) is 5.21 Å². The predicted molar refractivity (Wildman–Crippen MR) is 182 cm³/mol. The highest BCUT2D eigenvalue weighted by Crippen LogP contribution is 2.29. The molecular formula is C36H40FN7O6. The van der Waals surface area contributed by atoms with Crippen molar-refractivity contribution >= 4 is 29.6 Å². The third kappa shape index (κ3) is 9.49. The van der Waals surface area contributed by atoms with E-state index in [9.17, 15) is 28.7 Å². The Morgan fingerprint density at radius 1 is 0.960 bits per heavy atom. The Morgan fingerprint density at radius 3 is 2.26 bits per heavy atom. The van der Waals surface area contributed by atoms with E-state index < -0.39 is 41.0 Å². The van der Waals surface area contributed by atoms with Crippen LogP contribution in [0.3, 0.4) is 0 Å². The number of hydrogen-bond acceptors (Lipinski definition) is 8. The molecule has 5 N–H and O–H groups in total. The number of nitrogens with one attached hydrogen (secondary N) is 4. The normalized spacial score (nSPS) is 16.6. The van der Waals surface area contributed by atoms with Gasteiger partial charge in [0.2, 0.25) is 17.6 Å². The number of carbonyl (C=O) groups excluding carboxylic acids is 3. The van der Waals surface area contributed by atoms with Crippen molar-refractivity contribution in [3.8, 4) is 22.5 Å². The zero-order valence-electron chi connectivity index (χ0n) is 28.0. The maximum absolute atomic E-state index is 14.9. The summed E-state index contributed by atoms with van der Waals surface area (Å²) in [5, 5.41) is 31.8. The maximum atomic E-state index is 14.9. The molecule has 1 aliphatic rings. The van der Waals surface area contributed by atoms with Gasteiger partial charge in [-0.15, -0.1) is 10.2 Å². The zero-order chi connectivity index (χ0) is 35.8. The molecule has 3 aromatic carbocycles. The lowest BCUT2D eigenvalue weighted by molar-refractivity contribution is -0.130. The molecule has 5 rings (SSSR count). The lowest BCUT2D eigenvalue weighted by Gasteiger charge is -2.29. The molecule has 3 amide bonds. The smallest absolute Gasteiger partial charge is 0.407 e. The number of anilines is 1. The number of hydrogen-bond donors (Lipinski definition) is 5. The Bertz CT molecular complexity index is 1800. The van der Waals surface area contributed by atoms with Crippen LogP contribution in [-0.2, 0) is 20.7 Å². The number of rotatable bonds is 11. The Morgan fingerprint density at radius 2 is 1.64 bits per heavy atom. The molecule has 14 heteroatoms. The fraction of sp³-hybridized carbons (Fsp3) is 0.361. The van der Waals surface area contributed by atoms with Gasteiger partial charge in [-0.1, -0.05) is 36.4 Å². The topological polar surface area (TPSA) is 188 Å². The highest BCUT2D eigenvalue weighted by molar-refractivity contribution is 5.98. The molecule has 1 aliphatic carbocycles. The Hall–Kier alpha value is -5.66. The summed E-state index contributed by atoms with van der Waals surface area (Å²) < 4.78 is 20.2. The van der Waals surface area contributed by atoms with Crippen LogP contribution in [0.25, 0.3) is 22.5 Å². The predicted octanol–water partition coefficient (Wildman–Crippen LogP) is 5.37. The minimum atomic E-state index is -1.36. The summed E-state index contributed by atoms with van der Waals surface area (Å²) in [7, 11) is 0. The van der Waals surface area contributed by atoms with Crippen molar-refractivity contribution in [2.24, 2.45) is 11.8 Å². The molecule has 0 aliphatic heterocycles. The summed E-state index contributed by atoms with van der Waals surface area (Å²) in [4.78, 5) is 50.7. The number of aromatic nitrogens is 4. The van der Waals surface area contributed by atoms with Gasteiger partial charge in [0.25, 0.3) is 0 Å². The molecule has 1 fully saturated rings. The summed E-state index contributed by atoms with van der Waals surface area (Å²) in [6.07, 6.45) is 2.35. The number of nitrogens with zero attached hydrogens (tertiary/aromatic N) is 3. The van der Waals surface area contributed by atoms with Gasteiger partial charge in [0.15, 0.2) is 0 Å². The number of aromatic amines is 1. The fourth-order valence-corrected chi connectivity index (χ4v) is 5.86. The van der Waals surface area contributed by atoms with E-state index in [2.05, 4.69) is 36.6 Å². The average molecular weight is 686 g/mol. The van der Waals surface area contributed by atoms with Crippen molar-refractivity contribution in [3.63, 3.8) is 0 Å². The van der Waals surface area contributed by atoms with Crippen molar-refractivity contribution in [3.05, 3.63) is 83.7 Å². The third-order valence-corrected chi connectivity index (χ3v) is 8.47. The zero-order valence-corrected chi connectivity index (χ0v) is 28.0. The largest absolute Gasteiger partial charge is 0.478 e. The lowest BCUT2D eigenvalue weighted by Crippen LogP contribution is -2.48. The van der Waals surface area contributed by atoms with Crippen molar-refractivity contribution in [2.45, 2.75) is 64.5 Å². The second kappa shape index (κ2) is 15.7. The lowest BCUT2D eigenvalue weighted by atomic mass is 9.81. The average Bonchev–Trinajstić information content (AvgIpc) is 3.62. The van der Waals surface area contributed by atoms with Crippen LogP contribution in [0, 0.1) is 17.7 Å². The van der Waals surface area contributed by atoms with Crippen LogP contribution in [0.5, 0.6) is 0 Å². The molecular weight excluding hydrogens is 645 g/mol. The van der Waals surface area contributed by atoms with Gasteiger partial charge in [-0.25, -0.2) is 14.0 Å². The van der Waals surface area contributed by atoms with Gasteiger partial charge < -0.3 is 25.8 Å². The molecule has 0 spiro atoms. The second-order valence-corrected chi connectivity index (χ2v) is 13.3. The SMILES string of the molecule is CC(C)(C)OC(=O)NCC1CCC(C(=O)N[C@@H](Cc2ccc(-c3cccc(C(=O)O)c3F)cc2)C(=O)Nc2ccc(-c3nn[nH]n3)cc2)CC1. The molecule has 1 heterocycles. The number of carboxylic acid groups (broad SMARTS) is 1. The van der Waals surface area contributed by atoms with E-state index in [4.69, 9.17) is 4.74 Å². The number of aromatic carboxylic acids is 1. The quantitative estimate of drug-likeness (QED) is 0.138. The van der Waals surface area contributed by atoms with E-state index in [0.717, 1.165) is 12.8 Å². The Balaban J connectivity index is 1.26. The summed E-state index contributed by atoms with van der Waals surface area (Å²) in [5.41, 5.74) is 1.50. The second-order valence-electron chi connectivity index (χ2n) is 13.3. The summed E-state index contributed by atoms with van der Waals surface area (Å²) in [5.74, 6) is -2.55. The molecule has 0 bridgehead atoms. The molecule has 1 saturated carbocycles. The molecule has 13 nitrogen and oxygen atoms in total. The summed E-state index contributed by atoms with van der Waals surface area (Å²) in [6.45, 7) is 5.87. The van der Waals surface area contributed by atoms with Crippen LogP contribution in [0.1, 0.15) is 62.4 Å². The first-order valence-corrected chi connectivity index (χ1v) is 16.4. The van der Waals surface area contributed by atoms with Gasteiger partial charge in [-0.3, -0.25) is 9.59 Å². The van der Waals surface area contributed by atoms with Crippen molar-refractivity contribution < 1.29 is 33.4 Å². The van der Waals surface area contributed by atoms with Gasteiger partial charge in [-0.05, 0) is 99.0 Å². The number of benzene rings is 3. The van der Waals surface area contributed by atoms with E-state index in [0.29, 0.717) is 47.6 Å².